The van der Waals surface area contributed by atoms with Crippen molar-refractivity contribution in [2.24, 2.45) is 0 Å². The average molecular weight is 414 g/mol. The number of thiazole rings is 1. The topological polar surface area (TPSA) is 59.2 Å². The van der Waals surface area contributed by atoms with Gasteiger partial charge in [-0.15, -0.1) is 0 Å². The number of carbonyl (C=O) groups is 1. The quantitative estimate of drug-likeness (QED) is 0.368. The second-order valence-electron chi connectivity index (χ2n) is 7.26. The van der Waals surface area contributed by atoms with Crippen molar-refractivity contribution in [3.05, 3.63) is 89.4 Å². The Morgan fingerprint density at radius 3 is 2.63 bits per heavy atom. The molecule has 0 saturated heterocycles. The number of fused-ring (bicyclic) bond motifs is 2. The fourth-order valence-electron chi connectivity index (χ4n) is 3.38. The molecule has 30 heavy (non-hydrogen) atoms. The van der Waals surface area contributed by atoms with Crippen LogP contribution >= 0.6 is 11.3 Å². The van der Waals surface area contributed by atoms with Gasteiger partial charge in [-0.25, -0.2) is 4.98 Å². The number of para-hydroxylation sites is 1. The molecule has 0 saturated carbocycles. The highest BCUT2D eigenvalue weighted by atomic mass is 32.1. The molecule has 5 rings (SSSR count). The largest absolute Gasteiger partial charge is 0.451 e. The zero-order chi connectivity index (χ0) is 20.7. The van der Waals surface area contributed by atoms with Crippen molar-refractivity contribution in [1.29, 1.82) is 0 Å². The number of furan rings is 1. The van der Waals surface area contributed by atoms with Gasteiger partial charge in [-0.2, -0.15) is 0 Å². The maximum Gasteiger partial charge on any atom is 0.296 e. The molecular weight excluding hydrogens is 394 g/mol. The molecule has 2 aromatic carbocycles. The molecule has 0 N–H and O–H groups in total. The van der Waals surface area contributed by atoms with E-state index >= 15 is 0 Å². The van der Waals surface area contributed by atoms with Gasteiger partial charge in [0, 0.05) is 11.6 Å². The predicted molar refractivity (Wildman–Crippen MR) is 120 cm³/mol. The van der Waals surface area contributed by atoms with Crippen molar-refractivity contribution < 1.29 is 9.21 Å². The summed E-state index contributed by atoms with van der Waals surface area (Å²) < 4.78 is 6.90. The lowest BCUT2D eigenvalue weighted by molar-refractivity contribution is 0.0960. The van der Waals surface area contributed by atoms with Gasteiger partial charge in [-0.3, -0.25) is 14.7 Å². The van der Waals surface area contributed by atoms with Crippen molar-refractivity contribution in [2.75, 3.05) is 4.90 Å². The molecule has 148 valence electrons. The number of rotatable bonds is 4. The van der Waals surface area contributed by atoms with Gasteiger partial charge in [0.15, 0.2) is 10.9 Å². The van der Waals surface area contributed by atoms with Gasteiger partial charge in [-0.1, -0.05) is 35.6 Å². The summed E-state index contributed by atoms with van der Waals surface area (Å²) in [7, 11) is 0. The molecule has 0 aliphatic carbocycles. The van der Waals surface area contributed by atoms with Crippen LogP contribution in [0.5, 0.6) is 0 Å². The Balaban J connectivity index is 1.60. The number of hydrogen-bond acceptors (Lipinski definition) is 5. The van der Waals surface area contributed by atoms with Crippen molar-refractivity contribution in [3.63, 3.8) is 0 Å². The molecule has 1 amide bonds. The molecule has 0 radical (unpaired) electrons. The number of pyridine rings is 1. The fourth-order valence-corrected chi connectivity index (χ4v) is 4.43. The van der Waals surface area contributed by atoms with Crippen LogP contribution in [0.15, 0.2) is 71.3 Å². The molecule has 0 atom stereocenters. The number of aryl methyl sites for hydroxylation is 2. The normalized spacial score (nSPS) is 11.3. The molecule has 0 aliphatic rings. The van der Waals surface area contributed by atoms with Gasteiger partial charge in [0.05, 0.1) is 22.5 Å². The highest BCUT2D eigenvalue weighted by Crippen LogP contribution is 2.33. The average Bonchev–Trinajstić information content (AvgIpc) is 3.36. The third-order valence-electron chi connectivity index (χ3n) is 5.15. The SMILES string of the molecule is Cc1cc2nc(N(Cc3ccccn3)C(=O)c3cc4ccccc4o3)sc2cc1C. The zero-order valence-corrected chi connectivity index (χ0v) is 17.4. The Bertz CT molecular complexity index is 1300. The van der Waals surface area contributed by atoms with E-state index in [9.17, 15) is 4.79 Å². The minimum atomic E-state index is -0.232. The second kappa shape index (κ2) is 7.39. The van der Waals surface area contributed by atoms with Gasteiger partial charge in [0.1, 0.15) is 5.58 Å². The predicted octanol–water partition coefficient (Wildman–Crippen LogP) is 5.90. The summed E-state index contributed by atoms with van der Waals surface area (Å²) in [5.41, 5.74) is 4.75. The van der Waals surface area contributed by atoms with Crippen LogP contribution in [-0.2, 0) is 6.54 Å². The number of amides is 1. The molecule has 5 nitrogen and oxygen atoms in total. The summed E-state index contributed by atoms with van der Waals surface area (Å²) in [6.45, 7) is 4.47. The van der Waals surface area contributed by atoms with Gasteiger partial charge in [0.2, 0.25) is 0 Å². The molecule has 3 aromatic heterocycles. The number of benzene rings is 2. The Morgan fingerprint density at radius 1 is 1.03 bits per heavy atom. The molecule has 5 aromatic rings. The third-order valence-corrected chi connectivity index (χ3v) is 6.19. The van der Waals surface area contributed by atoms with Crippen molar-refractivity contribution >= 4 is 43.6 Å². The minimum Gasteiger partial charge on any atom is -0.451 e. The summed E-state index contributed by atoms with van der Waals surface area (Å²) >= 11 is 1.50. The maximum absolute atomic E-state index is 13.5. The number of nitrogens with zero attached hydrogens (tertiary/aromatic N) is 3. The molecule has 0 fully saturated rings. The monoisotopic (exact) mass is 413 g/mol. The van der Waals surface area contributed by atoms with Crippen LogP contribution < -0.4 is 4.90 Å². The van der Waals surface area contributed by atoms with E-state index in [1.54, 1.807) is 17.2 Å². The van der Waals surface area contributed by atoms with E-state index in [0.717, 1.165) is 21.3 Å². The van der Waals surface area contributed by atoms with Crippen LogP contribution in [0.3, 0.4) is 0 Å². The number of aromatic nitrogens is 2. The van der Waals surface area contributed by atoms with E-state index < -0.39 is 0 Å². The van der Waals surface area contributed by atoms with Gasteiger partial charge in [0.25, 0.3) is 5.91 Å². The number of hydrogen-bond donors (Lipinski definition) is 0. The summed E-state index contributed by atoms with van der Waals surface area (Å²) in [5, 5.41) is 1.53. The van der Waals surface area contributed by atoms with Crippen molar-refractivity contribution in [2.45, 2.75) is 20.4 Å². The standard InChI is InChI=1S/C24H19N3O2S/c1-15-11-19-22(12-16(15)2)30-24(26-19)27(14-18-8-5-6-10-25-18)23(28)21-13-17-7-3-4-9-20(17)29-21/h3-13H,14H2,1-2H3. The van der Waals surface area contributed by atoms with Gasteiger partial charge in [-0.05, 0) is 61.4 Å². The van der Waals surface area contributed by atoms with Crippen LogP contribution in [-0.4, -0.2) is 15.9 Å². The molecule has 6 heteroatoms. The minimum absolute atomic E-state index is 0.232. The van der Waals surface area contributed by atoms with Crippen LogP contribution in [0.25, 0.3) is 21.2 Å². The Hall–Kier alpha value is -3.51. The van der Waals surface area contributed by atoms with Gasteiger partial charge < -0.3 is 4.42 Å². The first-order chi connectivity index (χ1) is 14.6. The lowest BCUT2D eigenvalue weighted by Gasteiger charge is -2.18. The lowest BCUT2D eigenvalue weighted by Crippen LogP contribution is -2.30. The number of carbonyl (C=O) groups excluding carboxylic acids is 1. The van der Waals surface area contributed by atoms with E-state index in [1.165, 1.54) is 22.5 Å². The molecule has 3 heterocycles. The first kappa shape index (κ1) is 18.5. The summed E-state index contributed by atoms with van der Waals surface area (Å²) in [5.74, 6) is 0.0584. The highest BCUT2D eigenvalue weighted by molar-refractivity contribution is 7.22. The third kappa shape index (κ3) is 3.35. The fraction of sp³-hybridized carbons (Fsp3) is 0.125. The van der Waals surface area contributed by atoms with E-state index in [0.29, 0.717) is 23.0 Å². The second-order valence-corrected chi connectivity index (χ2v) is 8.27. The molecular formula is C24H19N3O2S. The summed E-state index contributed by atoms with van der Waals surface area (Å²) in [6, 6.07) is 19.3. The van der Waals surface area contributed by atoms with Crippen LogP contribution in [0.1, 0.15) is 27.4 Å². The van der Waals surface area contributed by atoms with Crippen molar-refractivity contribution in [1.82, 2.24) is 9.97 Å². The van der Waals surface area contributed by atoms with Crippen LogP contribution in [0.2, 0.25) is 0 Å². The van der Waals surface area contributed by atoms with E-state index in [-0.39, 0.29) is 5.91 Å². The Kier molecular flexibility index (Phi) is 4.56. The Labute approximate surface area is 177 Å². The summed E-state index contributed by atoms with van der Waals surface area (Å²) in [4.78, 5) is 24.3. The lowest BCUT2D eigenvalue weighted by atomic mass is 10.1. The van der Waals surface area contributed by atoms with E-state index in [2.05, 4.69) is 31.0 Å². The van der Waals surface area contributed by atoms with Crippen LogP contribution in [0.4, 0.5) is 5.13 Å². The first-order valence-corrected chi connectivity index (χ1v) is 10.5. The smallest absolute Gasteiger partial charge is 0.296 e. The number of anilines is 1. The first-order valence-electron chi connectivity index (χ1n) is 9.66. The van der Waals surface area contributed by atoms with Crippen molar-refractivity contribution in [3.8, 4) is 0 Å². The van der Waals surface area contributed by atoms with Gasteiger partial charge >= 0.3 is 0 Å². The molecule has 0 aliphatic heterocycles. The zero-order valence-electron chi connectivity index (χ0n) is 16.6. The summed E-state index contributed by atoms with van der Waals surface area (Å²) in [6.07, 6.45) is 1.73. The Morgan fingerprint density at radius 2 is 1.83 bits per heavy atom. The highest BCUT2D eigenvalue weighted by Gasteiger charge is 2.25. The molecule has 0 bridgehead atoms. The van der Waals surface area contributed by atoms with E-state index in [1.807, 2.05) is 42.5 Å². The molecule has 0 unspecified atom stereocenters. The van der Waals surface area contributed by atoms with Crippen LogP contribution in [0, 0.1) is 13.8 Å². The van der Waals surface area contributed by atoms with E-state index in [4.69, 9.17) is 9.40 Å². The maximum atomic E-state index is 13.5. The molecule has 0 spiro atoms.